The third-order valence-electron chi connectivity index (χ3n) is 15.8. The summed E-state index contributed by atoms with van der Waals surface area (Å²) in [6, 6.07) is 61.4. The van der Waals surface area contributed by atoms with Crippen molar-refractivity contribution in [1.29, 1.82) is 0 Å². The van der Waals surface area contributed by atoms with Gasteiger partial charge in [-0.2, -0.15) is 11.4 Å². The number of benzene rings is 7. The maximum absolute atomic E-state index is 12.3. The molecule has 4 fully saturated rings. The molecule has 73 heavy (non-hydrogen) atoms. The number of phenols is 1. The molecule has 0 aliphatic heterocycles. The first-order valence-corrected chi connectivity index (χ1v) is 30.3. The summed E-state index contributed by atoms with van der Waals surface area (Å²) in [4.78, 5) is 4.11. The number of aromatic nitrogens is 1. The molecule has 0 radical (unpaired) electrons. The normalized spacial score (nSPS) is 18.7. The molecule has 1 heterocycles. The number of aromatic hydroxyl groups is 1. The van der Waals surface area contributed by atoms with Gasteiger partial charge >= 0.3 is 143 Å². The van der Waals surface area contributed by atoms with Crippen molar-refractivity contribution in [3.8, 4) is 28.0 Å². The zero-order chi connectivity index (χ0) is 51.5. The van der Waals surface area contributed by atoms with Crippen LogP contribution in [0.3, 0.4) is 0 Å². The van der Waals surface area contributed by atoms with E-state index in [2.05, 4.69) is 223 Å². The summed E-state index contributed by atoms with van der Waals surface area (Å²) in [7, 11) is -2.41. The number of nitrogens with zero attached hydrogens (tertiary/aromatic N) is 2. The Labute approximate surface area is 446 Å². The van der Waals surface area contributed by atoms with Crippen molar-refractivity contribution in [2.45, 2.75) is 119 Å². The van der Waals surface area contributed by atoms with Gasteiger partial charge in [-0.15, -0.1) is 0 Å². The van der Waals surface area contributed by atoms with Crippen LogP contribution in [0.15, 0.2) is 173 Å². The van der Waals surface area contributed by atoms with Crippen LogP contribution in [0.2, 0.25) is 0 Å². The maximum atomic E-state index is 12.3. The number of hydrogen-bond acceptors (Lipinski definition) is 2. The molecule has 4 aliphatic rings. The van der Waals surface area contributed by atoms with E-state index in [9.17, 15) is 5.11 Å². The van der Waals surface area contributed by atoms with Gasteiger partial charge in [-0.25, -0.2) is 0 Å². The molecule has 374 valence electrons. The molecule has 1 N–H and O–H groups in total. The Hall–Kier alpha value is -5.59. The van der Waals surface area contributed by atoms with E-state index in [1.807, 2.05) is 26.0 Å². The Bertz CT molecular complexity index is 2980. The molecule has 12 rings (SSSR count). The van der Waals surface area contributed by atoms with E-state index in [4.69, 9.17) is 3.50 Å². The standard InChI is InChI=1S/C42H39OP.C10H15N.C10H12.C6H8N.Mo/c1-28-22-30(3)40(31(4)23-28)38-26-37(27-39(42(38)43)41-32(5)24-29(2)25-33(41)6)44(34-16-10-7-11-17-34,35-18-12-8-13-19-35)36-20-14-9-15-21-36;11-10-4-7-1-8(5-10)3-9(2-7)6-10;1-10(2,3)9-7-5-4-6-8-9;1-5-3-4-6(2)7-5;/h7-27H,1-6H3;7-9H,1-6H2;1,4-8H,2-3H3;3-4H,1-2H3;/q;;;-1;/p+1. The smallest absolute Gasteiger partial charge is 0.144 e. The second-order valence-corrected chi connectivity index (χ2v) is 27.3. The zero-order valence-electron chi connectivity index (χ0n) is 44.9. The largest absolute Gasteiger partial charge is 0.665 e. The van der Waals surface area contributed by atoms with Gasteiger partial charge in [0.05, 0.1) is 0 Å². The van der Waals surface area contributed by atoms with Crippen LogP contribution in [-0.4, -0.2) is 15.0 Å². The minimum Gasteiger partial charge on any atom is -0.665 e. The van der Waals surface area contributed by atoms with Gasteiger partial charge in [0.25, 0.3) is 0 Å². The van der Waals surface area contributed by atoms with Crippen molar-refractivity contribution in [2.75, 3.05) is 0 Å². The van der Waals surface area contributed by atoms with Crippen molar-refractivity contribution in [1.82, 2.24) is 4.98 Å². The van der Waals surface area contributed by atoms with Gasteiger partial charge in [0.15, 0.2) is 0 Å². The van der Waals surface area contributed by atoms with Gasteiger partial charge < -0.3 is 10.1 Å². The van der Waals surface area contributed by atoms with Crippen LogP contribution in [-0.2, 0) is 23.3 Å². The number of phenolic OH excluding ortho intramolecular Hbond substituents is 1. The minimum atomic E-state index is -2.41. The van der Waals surface area contributed by atoms with E-state index >= 15 is 0 Å². The molecule has 7 aromatic carbocycles. The van der Waals surface area contributed by atoms with Crippen LogP contribution in [0.5, 0.6) is 5.75 Å². The van der Waals surface area contributed by atoms with E-state index in [1.54, 1.807) is 0 Å². The van der Waals surface area contributed by atoms with Gasteiger partial charge in [-0.1, -0.05) is 116 Å². The molecule has 0 spiro atoms. The van der Waals surface area contributed by atoms with Crippen molar-refractivity contribution in [3.63, 3.8) is 0 Å². The van der Waals surface area contributed by atoms with Crippen LogP contribution in [0.25, 0.3) is 22.3 Å². The Morgan fingerprint density at radius 2 is 0.863 bits per heavy atom. The second-order valence-electron chi connectivity index (χ2n) is 22.4. The predicted molar refractivity (Wildman–Crippen MR) is 310 cm³/mol. The average molecular weight is 1060 g/mol. The Morgan fingerprint density at radius 3 is 1.21 bits per heavy atom. The van der Waals surface area contributed by atoms with E-state index in [0.717, 1.165) is 51.4 Å². The number of rotatable bonds is 9. The fourth-order valence-corrected chi connectivity index (χ4v) is 19.7. The molecular formula is C68H75MoN2OP. The first kappa shape index (κ1) is 52.3. The molecule has 1 aromatic heterocycles. The molecule has 4 bridgehead atoms. The third kappa shape index (κ3) is 11.3. The quantitative estimate of drug-likeness (QED) is 0.116. The molecule has 0 unspecified atom stereocenters. The molecule has 4 saturated carbocycles. The SMILES string of the molecule is CC(C)([CH]=[Mo]=[N]C12CC3CC(CC(C3)C1)C2)c1ccccc1.Cc1cc(C)c(-c2cc([P+](c3ccccc3)(c3ccccc3)c3ccccc3)cc(-c3c(C)cc(C)cc3C)c2O)c(C)c1.Cc1ccc(C)[n-]1. The van der Waals surface area contributed by atoms with E-state index < -0.39 is 7.26 Å². The summed E-state index contributed by atoms with van der Waals surface area (Å²) < 4.78 is 7.96. The fourth-order valence-electron chi connectivity index (χ4n) is 13.2. The molecule has 0 saturated heterocycles. The Balaban J connectivity index is 0.000000185. The first-order chi connectivity index (χ1) is 35.0. The molecular weight excluding hydrogens is 988 g/mol. The Kier molecular flexibility index (Phi) is 15.8. The summed E-state index contributed by atoms with van der Waals surface area (Å²) >= 11 is -0.353. The number of hydrogen-bond donors (Lipinski definition) is 1. The predicted octanol–water partition coefficient (Wildman–Crippen LogP) is 15.5. The third-order valence-corrected chi connectivity index (χ3v) is 23.0. The molecule has 3 nitrogen and oxygen atoms in total. The Morgan fingerprint density at radius 1 is 0.507 bits per heavy atom. The second kappa shape index (κ2) is 22.1. The van der Waals surface area contributed by atoms with Gasteiger partial charge in [-0.05, 0) is 123 Å². The summed E-state index contributed by atoms with van der Waals surface area (Å²) in [5, 5.41) is 17.4. The van der Waals surface area contributed by atoms with E-state index in [0.29, 0.717) is 11.3 Å². The monoisotopic (exact) mass is 1060 g/mol. The first-order valence-electron chi connectivity index (χ1n) is 26.5. The van der Waals surface area contributed by atoms with Crippen molar-refractivity contribution >= 4 is 32.9 Å². The molecule has 8 aromatic rings. The van der Waals surface area contributed by atoms with E-state index in [1.165, 1.54) is 98.7 Å². The molecule has 0 atom stereocenters. The molecule has 0 amide bonds. The van der Waals surface area contributed by atoms with Gasteiger partial charge in [0, 0.05) is 11.1 Å². The summed E-state index contributed by atoms with van der Waals surface area (Å²) in [6.07, 6.45) is 8.83. The van der Waals surface area contributed by atoms with Crippen LogP contribution in [0, 0.1) is 73.1 Å². The van der Waals surface area contributed by atoms with Crippen molar-refractivity contribution in [3.05, 3.63) is 220 Å². The van der Waals surface area contributed by atoms with Crippen LogP contribution < -0.4 is 26.2 Å². The van der Waals surface area contributed by atoms with Crippen molar-refractivity contribution in [2.24, 2.45) is 21.2 Å². The van der Waals surface area contributed by atoms with Gasteiger partial charge in [-0.3, -0.25) is 0 Å². The van der Waals surface area contributed by atoms with Gasteiger partial charge in [0.1, 0.15) is 34.2 Å². The maximum Gasteiger partial charge on any atom is 0.144 e. The number of aryl methyl sites for hydroxylation is 8. The topological polar surface area (TPSA) is 46.7 Å². The van der Waals surface area contributed by atoms with E-state index in [-0.39, 0.29) is 23.3 Å². The minimum absolute atomic E-state index is 0.176. The molecule has 5 heteroatoms. The summed E-state index contributed by atoms with van der Waals surface area (Å²) in [6.45, 7) is 21.6. The summed E-state index contributed by atoms with van der Waals surface area (Å²) in [5.41, 5.74) is 15.3. The van der Waals surface area contributed by atoms with Crippen molar-refractivity contribution < 1.29 is 23.0 Å². The van der Waals surface area contributed by atoms with Crippen LogP contribution in [0.4, 0.5) is 0 Å². The van der Waals surface area contributed by atoms with Gasteiger partial charge in [0.2, 0.25) is 0 Å². The average Bonchev–Trinajstić information content (AvgIpc) is 3.75. The fraction of sp³-hybridized carbons (Fsp3) is 0.309. The zero-order valence-corrected chi connectivity index (χ0v) is 47.8. The van der Waals surface area contributed by atoms with Crippen LogP contribution in [0.1, 0.15) is 103 Å². The summed E-state index contributed by atoms with van der Waals surface area (Å²) in [5.74, 6) is 3.39. The van der Waals surface area contributed by atoms with Crippen LogP contribution >= 0.6 is 7.26 Å². The molecule has 4 aliphatic carbocycles.